The molecule has 1 saturated carbocycles. The predicted molar refractivity (Wildman–Crippen MR) is 172 cm³/mol. The summed E-state index contributed by atoms with van der Waals surface area (Å²) < 4.78 is 21.2. The molecule has 2 amide bonds. The fourth-order valence-electron chi connectivity index (χ4n) is 4.97. The number of hydrogen-bond donors (Lipinski definition) is 2. The summed E-state index contributed by atoms with van der Waals surface area (Å²) in [5.41, 5.74) is 1.18. The van der Waals surface area contributed by atoms with Crippen LogP contribution in [0.2, 0.25) is 0 Å². The maximum atomic E-state index is 12.7. The summed E-state index contributed by atoms with van der Waals surface area (Å²) >= 11 is 2.78. The van der Waals surface area contributed by atoms with E-state index in [4.69, 9.17) is 18.9 Å². The third-order valence-electron chi connectivity index (χ3n) is 7.12. The molecule has 14 nitrogen and oxygen atoms in total. The average molecular weight is 669 g/mol. The number of nitrogens with one attached hydrogen (secondary N) is 2. The Kier molecular flexibility index (Phi) is 12.3. The highest BCUT2D eigenvalue weighted by Gasteiger charge is 2.29. The predicted octanol–water partition coefficient (Wildman–Crippen LogP) is 4.03. The highest BCUT2D eigenvalue weighted by atomic mass is 32.1. The van der Waals surface area contributed by atoms with E-state index in [1.807, 2.05) is 0 Å². The van der Waals surface area contributed by atoms with Crippen LogP contribution in [0.25, 0.3) is 0 Å². The van der Waals surface area contributed by atoms with Crippen LogP contribution in [0.3, 0.4) is 0 Å². The van der Waals surface area contributed by atoms with E-state index in [1.54, 1.807) is 50.9 Å². The topological polar surface area (TPSA) is 172 Å². The molecule has 1 fully saturated rings. The first-order valence-electron chi connectivity index (χ1n) is 14.9. The van der Waals surface area contributed by atoms with Crippen molar-refractivity contribution in [3.8, 4) is 11.5 Å². The molecule has 2 atom stereocenters. The number of rotatable bonds is 16. The van der Waals surface area contributed by atoms with E-state index in [-0.39, 0.29) is 36.5 Å². The summed E-state index contributed by atoms with van der Waals surface area (Å²) in [5, 5.41) is 25.6. The summed E-state index contributed by atoms with van der Waals surface area (Å²) in [6.45, 7) is 1.78. The maximum Gasteiger partial charge on any atom is 0.232 e. The van der Waals surface area contributed by atoms with Gasteiger partial charge in [-0.25, -0.2) is 0 Å². The van der Waals surface area contributed by atoms with Gasteiger partial charge in [-0.15, -0.1) is 20.4 Å². The number of ether oxygens (including phenoxy) is 4. The van der Waals surface area contributed by atoms with Crippen molar-refractivity contribution in [2.45, 2.75) is 50.4 Å². The van der Waals surface area contributed by atoms with E-state index >= 15 is 0 Å². The number of aromatic nitrogens is 6. The Labute approximate surface area is 274 Å². The van der Waals surface area contributed by atoms with Crippen molar-refractivity contribution < 1.29 is 28.5 Å². The van der Waals surface area contributed by atoms with Gasteiger partial charge in [0.15, 0.2) is 0 Å². The highest BCUT2D eigenvalue weighted by molar-refractivity contribution is 7.15. The van der Waals surface area contributed by atoms with Crippen molar-refractivity contribution in [3.05, 3.63) is 58.1 Å². The van der Waals surface area contributed by atoms with Gasteiger partial charge in [-0.05, 0) is 31.4 Å². The van der Waals surface area contributed by atoms with Crippen molar-refractivity contribution in [1.29, 1.82) is 0 Å². The van der Waals surface area contributed by atoms with Crippen LogP contribution < -0.4 is 20.1 Å². The van der Waals surface area contributed by atoms with Crippen LogP contribution in [0.5, 0.6) is 11.5 Å². The standard InChI is InChI=1S/C30H36N8O6S2/c1-41-10-12-43-23-6-8-31-21(15-23)17-25(39)33-29-37-35-27(45-29)19-4-3-5-20(14-19)28-36-38-30(46-28)34-26(40)18-22-16-24(7-9-32-22)44-13-11-42-2/h6-9,15-16,19-20H,3-5,10-14,17-18H2,1-2H3,(H,33,37,39)(H,34,38,40)/t19-,20-/m0/s1. The third kappa shape index (κ3) is 9.94. The number of nitrogens with zero attached hydrogens (tertiary/aromatic N) is 6. The third-order valence-corrected chi connectivity index (χ3v) is 9.12. The van der Waals surface area contributed by atoms with Crippen LogP contribution in [-0.2, 0) is 31.9 Å². The molecule has 5 rings (SSSR count). The number of amides is 2. The summed E-state index contributed by atoms with van der Waals surface area (Å²) in [6.07, 6.45) is 7.19. The van der Waals surface area contributed by atoms with Gasteiger partial charge in [0, 0.05) is 50.6 Å². The Morgan fingerprint density at radius 2 is 1.22 bits per heavy atom. The molecule has 0 radical (unpaired) electrons. The van der Waals surface area contributed by atoms with Crippen LogP contribution >= 0.6 is 22.7 Å². The molecule has 4 heterocycles. The molecule has 4 aromatic heterocycles. The largest absolute Gasteiger partial charge is 0.491 e. The van der Waals surface area contributed by atoms with Crippen molar-refractivity contribution in [2.75, 3.05) is 51.3 Å². The molecule has 0 aliphatic heterocycles. The minimum absolute atomic E-state index is 0.0873. The number of methoxy groups -OCH3 is 2. The SMILES string of the molecule is COCCOc1ccnc(CC(=O)Nc2nnc([C@H]3CCC[C@H](c4nnc(NC(=O)Cc5cc(OCCOC)ccn5)s4)C3)s2)c1. The Bertz CT molecular complexity index is 1470. The van der Waals surface area contributed by atoms with Gasteiger partial charge in [-0.2, -0.15) is 0 Å². The fourth-order valence-corrected chi connectivity index (χ4v) is 6.78. The van der Waals surface area contributed by atoms with Crippen molar-refractivity contribution in [1.82, 2.24) is 30.4 Å². The first-order chi connectivity index (χ1) is 22.5. The average Bonchev–Trinajstić information content (AvgIpc) is 3.72. The van der Waals surface area contributed by atoms with Crippen LogP contribution in [-0.4, -0.2) is 82.8 Å². The quantitative estimate of drug-likeness (QED) is 0.164. The Morgan fingerprint density at radius 3 is 1.67 bits per heavy atom. The van der Waals surface area contributed by atoms with Gasteiger partial charge in [-0.1, -0.05) is 29.1 Å². The minimum Gasteiger partial charge on any atom is -0.491 e. The minimum atomic E-state index is -0.229. The van der Waals surface area contributed by atoms with Crippen molar-refractivity contribution in [2.24, 2.45) is 0 Å². The number of pyridine rings is 2. The van der Waals surface area contributed by atoms with Gasteiger partial charge in [0.25, 0.3) is 0 Å². The molecule has 1 aliphatic carbocycles. The van der Waals surface area contributed by atoms with Gasteiger partial charge in [-0.3, -0.25) is 19.6 Å². The van der Waals surface area contributed by atoms with E-state index in [0.29, 0.717) is 59.6 Å². The Morgan fingerprint density at radius 1 is 0.739 bits per heavy atom. The molecular formula is C30H36N8O6S2. The van der Waals surface area contributed by atoms with E-state index in [1.165, 1.54) is 22.7 Å². The number of carbonyl (C=O) groups excluding carboxylic acids is 2. The zero-order valence-corrected chi connectivity index (χ0v) is 27.3. The second kappa shape index (κ2) is 17.0. The zero-order chi connectivity index (χ0) is 32.1. The number of carbonyl (C=O) groups is 2. The molecule has 2 N–H and O–H groups in total. The molecule has 0 spiro atoms. The lowest BCUT2D eigenvalue weighted by molar-refractivity contribution is -0.116. The molecule has 46 heavy (non-hydrogen) atoms. The fraction of sp³-hybridized carbons (Fsp3) is 0.467. The maximum absolute atomic E-state index is 12.7. The molecular weight excluding hydrogens is 633 g/mol. The van der Waals surface area contributed by atoms with Gasteiger partial charge in [0.2, 0.25) is 22.1 Å². The second-order valence-corrected chi connectivity index (χ2v) is 12.6. The van der Waals surface area contributed by atoms with Gasteiger partial charge in [0.1, 0.15) is 34.7 Å². The smallest absolute Gasteiger partial charge is 0.232 e. The van der Waals surface area contributed by atoms with Crippen LogP contribution in [0.15, 0.2) is 36.7 Å². The Balaban J connectivity index is 1.10. The second-order valence-electron chi connectivity index (χ2n) is 10.5. The lowest BCUT2D eigenvalue weighted by atomic mass is 9.82. The monoisotopic (exact) mass is 668 g/mol. The summed E-state index contributed by atoms with van der Waals surface area (Å²) in [7, 11) is 3.22. The van der Waals surface area contributed by atoms with Crippen molar-refractivity contribution in [3.63, 3.8) is 0 Å². The molecule has 16 heteroatoms. The zero-order valence-electron chi connectivity index (χ0n) is 25.6. The van der Waals surface area contributed by atoms with E-state index < -0.39 is 0 Å². The molecule has 1 aliphatic rings. The molecule has 0 bridgehead atoms. The molecule has 4 aromatic rings. The molecule has 244 valence electrons. The Hall–Kier alpha value is -4.12. The van der Waals surface area contributed by atoms with E-state index in [0.717, 1.165) is 35.7 Å². The summed E-state index contributed by atoms with van der Waals surface area (Å²) in [6, 6.07) is 6.96. The van der Waals surface area contributed by atoms with Gasteiger partial charge < -0.3 is 29.6 Å². The van der Waals surface area contributed by atoms with Gasteiger partial charge in [0.05, 0.1) is 37.4 Å². The van der Waals surface area contributed by atoms with Crippen molar-refractivity contribution >= 4 is 44.8 Å². The highest BCUT2D eigenvalue weighted by Crippen LogP contribution is 2.43. The molecule has 0 saturated heterocycles. The summed E-state index contributed by atoms with van der Waals surface area (Å²) in [5.74, 6) is 1.19. The lowest BCUT2D eigenvalue weighted by Gasteiger charge is -2.25. The first-order valence-corrected chi connectivity index (χ1v) is 16.5. The van der Waals surface area contributed by atoms with Crippen LogP contribution in [0.1, 0.15) is 58.9 Å². The van der Waals surface area contributed by atoms with Crippen LogP contribution in [0, 0.1) is 0 Å². The first kappa shape index (κ1) is 33.2. The molecule has 0 aromatic carbocycles. The number of anilines is 2. The lowest BCUT2D eigenvalue weighted by Crippen LogP contribution is -2.15. The normalized spacial score (nSPS) is 16.1. The van der Waals surface area contributed by atoms with Crippen LogP contribution in [0.4, 0.5) is 10.3 Å². The van der Waals surface area contributed by atoms with E-state index in [2.05, 4.69) is 41.0 Å². The number of hydrogen-bond acceptors (Lipinski definition) is 14. The molecule has 0 unspecified atom stereocenters. The van der Waals surface area contributed by atoms with Gasteiger partial charge >= 0.3 is 0 Å². The van der Waals surface area contributed by atoms with E-state index in [9.17, 15) is 9.59 Å². The summed E-state index contributed by atoms with van der Waals surface area (Å²) in [4.78, 5) is 33.9.